The third kappa shape index (κ3) is 1.55. The lowest BCUT2D eigenvalue weighted by atomic mass is 9.80. The van der Waals surface area contributed by atoms with Crippen LogP contribution in [-0.4, -0.2) is 14.1 Å². The van der Waals surface area contributed by atoms with Gasteiger partial charge in [0.15, 0.2) is 0 Å². The van der Waals surface area contributed by atoms with Crippen LogP contribution in [0.5, 0.6) is 0 Å². The van der Waals surface area contributed by atoms with Crippen molar-refractivity contribution in [3.05, 3.63) is 35.4 Å². The molecule has 0 aromatic heterocycles. The van der Waals surface area contributed by atoms with Gasteiger partial charge in [0.1, 0.15) is 0 Å². The highest BCUT2D eigenvalue weighted by molar-refractivity contribution is 5.69. The second kappa shape index (κ2) is 3.70. The van der Waals surface area contributed by atoms with Gasteiger partial charge in [0, 0.05) is 23.8 Å². The second-order valence-electron chi connectivity index (χ2n) is 4.21. The SMILES string of the molecule is CNc1cccc2c1C(C)(NC)CC=C2. The molecule has 0 bridgehead atoms. The van der Waals surface area contributed by atoms with Gasteiger partial charge in [0.2, 0.25) is 0 Å². The van der Waals surface area contributed by atoms with Gasteiger partial charge in [0.25, 0.3) is 0 Å². The van der Waals surface area contributed by atoms with Gasteiger partial charge in [-0.05, 0) is 32.0 Å². The number of hydrogen-bond donors (Lipinski definition) is 2. The van der Waals surface area contributed by atoms with Crippen LogP contribution in [-0.2, 0) is 5.54 Å². The molecule has 0 saturated carbocycles. The minimum Gasteiger partial charge on any atom is -0.388 e. The van der Waals surface area contributed by atoms with Gasteiger partial charge in [-0.3, -0.25) is 0 Å². The molecule has 1 atom stereocenters. The van der Waals surface area contributed by atoms with Crippen molar-refractivity contribution in [3.8, 4) is 0 Å². The van der Waals surface area contributed by atoms with E-state index in [0.717, 1.165) is 6.42 Å². The number of rotatable bonds is 2. The van der Waals surface area contributed by atoms with E-state index < -0.39 is 0 Å². The molecular formula is C13H18N2. The van der Waals surface area contributed by atoms with E-state index >= 15 is 0 Å². The first-order valence-electron chi connectivity index (χ1n) is 5.38. The Labute approximate surface area is 91.4 Å². The summed E-state index contributed by atoms with van der Waals surface area (Å²) in [6.45, 7) is 2.25. The quantitative estimate of drug-likeness (QED) is 0.770. The van der Waals surface area contributed by atoms with Crippen molar-refractivity contribution in [2.45, 2.75) is 18.9 Å². The Kier molecular flexibility index (Phi) is 2.53. The fourth-order valence-corrected chi connectivity index (χ4v) is 2.28. The summed E-state index contributed by atoms with van der Waals surface area (Å²) in [6.07, 6.45) is 5.47. The smallest absolute Gasteiger partial charge is 0.0465 e. The van der Waals surface area contributed by atoms with E-state index in [0.29, 0.717) is 0 Å². The minimum atomic E-state index is 0.0453. The Bertz CT molecular complexity index is 396. The average molecular weight is 202 g/mol. The molecule has 0 spiro atoms. The van der Waals surface area contributed by atoms with Crippen LogP contribution < -0.4 is 10.6 Å². The zero-order valence-corrected chi connectivity index (χ0v) is 9.59. The molecule has 1 unspecified atom stereocenters. The van der Waals surface area contributed by atoms with Crippen molar-refractivity contribution in [2.24, 2.45) is 0 Å². The fraction of sp³-hybridized carbons (Fsp3) is 0.385. The van der Waals surface area contributed by atoms with E-state index in [1.807, 2.05) is 14.1 Å². The van der Waals surface area contributed by atoms with Gasteiger partial charge in [-0.1, -0.05) is 24.3 Å². The van der Waals surface area contributed by atoms with Crippen molar-refractivity contribution in [1.29, 1.82) is 0 Å². The van der Waals surface area contributed by atoms with Gasteiger partial charge in [-0.25, -0.2) is 0 Å². The Hall–Kier alpha value is -1.28. The number of nitrogens with one attached hydrogen (secondary N) is 2. The first-order valence-corrected chi connectivity index (χ1v) is 5.38. The van der Waals surface area contributed by atoms with Crippen molar-refractivity contribution < 1.29 is 0 Å². The number of fused-ring (bicyclic) bond motifs is 1. The van der Waals surface area contributed by atoms with E-state index in [-0.39, 0.29) is 5.54 Å². The third-order valence-corrected chi connectivity index (χ3v) is 3.29. The van der Waals surface area contributed by atoms with E-state index in [2.05, 4.69) is 47.9 Å². The number of hydrogen-bond acceptors (Lipinski definition) is 2. The summed E-state index contributed by atoms with van der Waals surface area (Å²) in [5.74, 6) is 0. The van der Waals surface area contributed by atoms with Gasteiger partial charge in [0.05, 0.1) is 0 Å². The van der Waals surface area contributed by atoms with E-state index in [1.54, 1.807) is 0 Å². The Morgan fingerprint density at radius 1 is 1.27 bits per heavy atom. The van der Waals surface area contributed by atoms with Gasteiger partial charge in [-0.15, -0.1) is 0 Å². The fourth-order valence-electron chi connectivity index (χ4n) is 2.28. The largest absolute Gasteiger partial charge is 0.388 e. The number of benzene rings is 1. The molecule has 0 aliphatic heterocycles. The molecule has 1 aliphatic carbocycles. The molecule has 2 N–H and O–H groups in total. The molecule has 1 aromatic rings. The molecule has 2 nitrogen and oxygen atoms in total. The van der Waals surface area contributed by atoms with Crippen molar-refractivity contribution >= 4 is 11.8 Å². The molecule has 0 amide bonds. The van der Waals surface area contributed by atoms with Gasteiger partial charge < -0.3 is 10.6 Å². The van der Waals surface area contributed by atoms with Gasteiger partial charge >= 0.3 is 0 Å². The van der Waals surface area contributed by atoms with Gasteiger partial charge in [-0.2, -0.15) is 0 Å². The van der Waals surface area contributed by atoms with Crippen LogP contribution in [0.25, 0.3) is 6.08 Å². The third-order valence-electron chi connectivity index (χ3n) is 3.29. The maximum absolute atomic E-state index is 3.42. The van der Waals surface area contributed by atoms with Crippen LogP contribution in [0.15, 0.2) is 24.3 Å². The van der Waals surface area contributed by atoms with E-state index in [4.69, 9.17) is 0 Å². The summed E-state index contributed by atoms with van der Waals surface area (Å²) < 4.78 is 0. The summed E-state index contributed by atoms with van der Waals surface area (Å²) in [5, 5.41) is 6.69. The summed E-state index contributed by atoms with van der Waals surface area (Å²) in [6, 6.07) is 6.39. The Morgan fingerprint density at radius 3 is 2.73 bits per heavy atom. The highest BCUT2D eigenvalue weighted by Crippen LogP contribution is 2.37. The molecular weight excluding hydrogens is 184 g/mol. The Morgan fingerprint density at radius 2 is 2.07 bits per heavy atom. The monoisotopic (exact) mass is 202 g/mol. The molecule has 0 fully saturated rings. The lowest BCUT2D eigenvalue weighted by Crippen LogP contribution is -2.38. The first-order chi connectivity index (χ1) is 7.21. The highest BCUT2D eigenvalue weighted by Gasteiger charge is 2.30. The highest BCUT2D eigenvalue weighted by atomic mass is 14.9. The topological polar surface area (TPSA) is 24.1 Å². The summed E-state index contributed by atoms with van der Waals surface area (Å²) in [5.41, 5.74) is 3.94. The summed E-state index contributed by atoms with van der Waals surface area (Å²) in [4.78, 5) is 0. The van der Waals surface area contributed by atoms with E-state index in [9.17, 15) is 0 Å². The van der Waals surface area contributed by atoms with Crippen LogP contribution in [0.1, 0.15) is 24.5 Å². The molecule has 0 heterocycles. The lowest BCUT2D eigenvalue weighted by molar-refractivity contribution is 0.403. The van der Waals surface area contributed by atoms with Crippen molar-refractivity contribution in [2.75, 3.05) is 19.4 Å². The zero-order valence-electron chi connectivity index (χ0n) is 9.59. The van der Waals surface area contributed by atoms with Crippen molar-refractivity contribution in [3.63, 3.8) is 0 Å². The standard InChI is InChI=1S/C13H18N2/c1-13(15-3)9-5-7-10-6-4-8-11(14-2)12(10)13/h4-8,14-15H,9H2,1-3H3. The molecule has 1 aromatic carbocycles. The predicted octanol–water partition coefficient (Wildman–Crippen LogP) is 2.58. The normalized spacial score (nSPS) is 23.7. The lowest BCUT2D eigenvalue weighted by Gasteiger charge is -2.34. The summed E-state index contributed by atoms with van der Waals surface area (Å²) >= 11 is 0. The van der Waals surface area contributed by atoms with Crippen LogP contribution in [0, 0.1) is 0 Å². The number of anilines is 1. The molecule has 2 rings (SSSR count). The van der Waals surface area contributed by atoms with Crippen molar-refractivity contribution in [1.82, 2.24) is 5.32 Å². The van der Waals surface area contributed by atoms with Crippen LogP contribution in [0.2, 0.25) is 0 Å². The molecule has 2 heteroatoms. The van der Waals surface area contributed by atoms with Crippen LogP contribution in [0.4, 0.5) is 5.69 Å². The maximum Gasteiger partial charge on any atom is 0.0465 e. The average Bonchev–Trinajstić information content (AvgIpc) is 2.28. The second-order valence-corrected chi connectivity index (χ2v) is 4.21. The predicted molar refractivity (Wildman–Crippen MR) is 66.1 cm³/mol. The van der Waals surface area contributed by atoms with Crippen LogP contribution in [0.3, 0.4) is 0 Å². The van der Waals surface area contributed by atoms with Crippen LogP contribution >= 0.6 is 0 Å². The molecule has 0 saturated heterocycles. The van der Waals surface area contributed by atoms with E-state index in [1.165, 1.54) is 16.8 Å². The first kappa shape index (κ1) is 10.2. The molecule has 80 valence electrons. The molecule has 0 radical (unpaired) electrons. The molecule has 1 aliphatic rings. The zero-order chi connectivity index (χ0) is 10.9. The minimum absolute atomic E-state index is 0.0453. The summed E-state index contributed by atoms with van der Waals surface area (Å²) in [7, 11) is 4.00. The molecule has 15 heavy (non-hydrogen) atoms. The maximum atomic E-state index is 3.42. The Balaban J connectivity index is 2.63.